The molecule has 0 aliphatic carbocycles. The molecule has 2 aromatic rings. The van der Waals surface area contributed by atoms with E-state index < -0.39 is 23.5 Å². The summed E-state index contributed by atoms with van der Waals surface area (Å²) in [6.07, 6.45) is 2.22. The largest absolute Gasteiger partial charge is 0.444 e. The number of primary amides is 1. The molecule has 0 bridgehead atoms. The number of hydrogen-bond donors (Lipinski definition) is 2. The Hall–Kier alpha value is -3.15. The van der Waals surface area contributed by atoms with Crippen LogP contribution in [0.1, 0.15) is 63.5 Å². The van der Waals surface area contributed by atoms with Crippen molar-refractivity contribution >= 4 is 17.8 Å². The van der Waals surface area contributed by atoms with E-state index in [0.29, 0.717) is 19.4 Å². The molecule has 0 saturated carbocycles. The number of benzene rings is 2. The Balaban J connectivity index is 1.96. The molecule has 0 aliphatic heterocycles. The van der Waals surface area contributed by atoms with Crippen LogP contribution >= 0.6 is 0 Å². The summed E-state index contributed by atoms with van der Waals surface area (Å²) in [7, 11) is 0. The highest BCUT2D eigenvalue weighted by molar-refractivity contribution is 5.90. The minimum absolute atomic E-state index is 0.0148. The van der Waals surface area contributed by atoms with Crippen LogP contribution in [0.2, 0.25) is 0 Å². The molecular formula is C27H36N2O4. The molecule has 0 fully saturated rings. The molecule has 0 radical (unpaired) electrons. The van der Waals surface area contributed by atoms with Crippen molar-refractivity contribution in [2.45, 2.75) is 64.4 Å². The number of rotatable bonds is 12. The Kier molecular flexibility index (Phi) is 10.1. The van der Waals surface area contributed by atoms with Gasteiger partial charge in [0.25, 0.3) is 0 Å². The second kappa shape index (κ2) is 12.8. The standard InChI is InChI=1S/C27H36N2O4/c1-27(2,3)33-26(32)29-17-11-10-16-23(21-14-8-5-9-15-21)24(30)19-22(25(28)31)18-20-12-6-4-7-13-20/h4-9,12-15,22-23H,10-11,16-19H2,1-3H3,(H2,28,31)(H,29,32)/t22-,23-/m1/s1. The lowest BCUT2D eigenvalue weighted by Gasteiger charge is -2.20. The average Bonchev–Trinajstić information content (AvgIpc) is 2.75. The zero-order chi connectivity index (χ0) is 24.3. The molecule has 6 nitrogen and oxygen atoms in total. The van der Waals surface area contributed by atoms with Crippen molar-refractivity contribution in [1.29, 1.82) is 0 Å². The molecule has 0 heterocycles. The summed E-state index contributed by atoms with van der Waals surface area (Å²) in [6.45, 7) is 5.93. The first-order valence-electron chi connectivity index (χ1n) is 11.5. The van der Waals surface area contributed by atoms with Crippen LogP contribution in [-0.4, -0.2) is 29.9 Å². The quantitative estimate of drug-likeness (QED) is 0.453. The molecule has 33 heavy (non-hydrogen) atoms. The second-order valence-corrected chi connectivity index (χ2v) is 9.35. The van der Waals surface area contributed by atoms with Gasteiger partial charge in [-0.05, 0) is 51.2 Å². The maximum atomic E-state index is 13.3. The van der Waals surface area contributed by atoms with Crippen LogP contribution in [0.25, 0.3) is 0 Å². The highest BCUT2D eigenvalue weighted by Crippen LogP contribution is 2.27. The van der Waals surface area contributed by atoms with E-state index in [4.69, 9.17) is 10.5 Å². The van der Waals surface area contributed by atoms with Crippen molar-refractivity contribution in [2.24, 2.45) is 11.7 Å². The molecule has 0 saturated heterocycles. The summed E-state index contributed by atoms with van der Waals surface area (Å²) in [6, 6.07) is 19.2. The predicted molar refractivity (Wildman–Crippen MR) is 130 cm³/mol. The molecule has 0 spiro atoms. The lowest BCUT2D eigenvalue weighted by molar-refractivity contribution is -0.128. The lowest BCUT2D eigenvalue weighted by Crippen LogP contribution is -2.33. The fraction of sp³-hybridized carbons (Fsp3) is 0.444. The van der Waals surface area contributed by atoms with Gasteiger partial charge < -0.3 is 15.8 Å². The molecule has 2 atom stereocenters. The van der Waals surface area contributed by atoms with E-state index in [9.17, 15) is 14.4 Å². The normalized spacial score (nSPS) is 13.1. The number of unbranched alkanes of at least 4 members (excludes halogenated alkanes) is 1. The number of nitrogens with two attached hydrogens (primary N) is 1. The molecular weight excluding hydrogens is 416 g/mol. The smallest absolute Gasteiger partial charge is 0.407 e. The van der Waals surface area contributed by atoms with Crippen LogP contribution in [0.4, 0.5) is 4.79 Å². The topological polar surface area (TPSA) is 98.5 Å². The van der Waals surface area contributed by atoms with E-state index in [1.807, 2.05) is 81.4 Å². The predicted octanol–water partition coefficient (Wildman–Crippen LogP) is 4.77. The van der Waals surface area contributed by atoms with Gasteiger partial charge in [-0.1, -0.05) is 67.1 Å². The SMILES string of the molecule is CC(C)(C)OC(=O)NCCCC[C@@H](C(=O)C[C@@H](Cc1ccccc1)C(N)=O)c1ccccc1. The number of ketones is 1. The number of nitrogens with one attached hydrogen (secondary N) is 1. The Morgan fingerprint density at radius 3 is 2.12 bits per heavy atom. The van der Waals surface area contributed by atoms with E-state index in [2.05, 4.69) is 5.32 Å². The lowest BCUT2D eigenvalue weighted by atomic mass is 9.83. The molecule has 0 unspecified atom stereocenters. The third-order valence-corrected chi connectivity index (χ3v) is 5.35. The summed E-state index contributed by atoms with van der Waals surface area (Å²) in [5.74, 6) is -1.30. The monoisotopic (exact) mass is 452 g/mol. The molecule has 3 N–H and O–H groups in total. The van der Waals surface area contributed by atoms with Gasteiger partial charge in [-0.3, -0.25) is 9.59 Å². The summed E-state index contributed by atoms with van der Waals surface area (Å²) < 4.78 is 5.24. The van der Waals surface area contributed by atoms with Gasteiger partial charge in [0.1, 0.15) is 11.4 Å². The molecule has 0 aromatic heterocycles. The number of Topliss-reactive ketones (excluding diaryl/α,β-unsaturated/α-hetero) is 1. The van der Waals surface area contributed by atoms with E-state index in [-0.39, 0.29) is 18.1 Å². The van der Waals surface area contributed by atoms with Crippen LogP contribution in [0.5, 0.6) is 0 Å². The van der Waals surface area contributed by atoms with Gasteiger partial charge in [0, 0.05) is 24.8 Å². The van der Waals surface area contributed by atoms with Crippen molar-refractivity contribution in [3.63, 3.8) is 0 Å². The maximum Gasteiger partial charge on any atom is 0.407 e. The number of amides is 2. The van der Waals surface area contributed by atoms with Gasteiger partial charge in [0.2, 0.25) is 5.91 Å². The molecule has 6 heteroatoms. The van der Waals surface area contributed by atoms with Gasteiger partial charge >= 0.3 is 6.09 Å². The molecule has 2 rings (SSSR count). The van der Waals surface area contributed by atoms with E-state index in [0.717, 1.165) is 24.0 Å². The fourth-order valence-corrected chi connectivity index (χ4v) is 3.73. The minimum atomic E-state index is -0.542. The van der Waals surface area contributed by atoms with Gasteiger partial charge in [0.15, 0.2) is 0 Å². The van der Waals surface area contributed by atoms with Gasteiger partial charge in [-0.25, -0.2) is 4.79 Å². The molecule has 2 aromatic carbocycles. The molecule has 0 aliphatic rings. The Labute approximate surface area is 196 Å². The zero-order valence-electron chi connectivity index (χ0n) is 19.9. The maximum absolute atomic E-state index is 13.3. The van der Waals surface area contributed by atoms with E-state index in [1.165, 1.54) is 0 Å². The third kappa shape index (κ3) is 9.89. The van der Waals surface area contributed by atoms with Crippen LogP contribution in [0.15, 0.2) is 60.7 Å². The molecule has 2 amide bonds. The van der Waals surface area contributed by atoms with Crippen molar-refractivity contribution in [2.75, 3.05) is 6.54 Å². The Morgan fingerprint density at radius 1 is 0.939 bits per heavy atom. The van der Waals surface area contributed by atoms with Gasteiger partial charge in [0.05, 0.1) is 0 Å². The fourth-order valence-electron chi connectivity index (χ4n) is 3.73. The average molecular weight is 453 g/mol. The Bertz CT molecular complexity index is 891. The van der Waals surface area contributed by atoms with Gasteiger partial charge in [-0.15, -0.1) is 0 Å². The van der Waals surface area contributed by atoms with Crippen LogP contribution in [0.3, 0.4) is 0 Å². The number of ether oxygens (including phenoxy) is 1. The number of hydrogen-bond acceptors (Lipinski definition) is 4. The first-order chi connectivity index (χ1) is 15.7. The number of alkyl carbamates (subject to hydrolysis) is 1. The highest BCUT2D eigenvalue weighted by atomic mass is 16.6. The van der Waals surface area contributed by atoms with Gasteiger partial charge in [-0.2, -0.15) is 0 Å². The summed E-state index contributed by atoms with van der Waals surface area (Å²) in [5, 5.41) is 2.75. The first-order valence-corrected chi connectivity index (χ1v) is 11.5. The number of carbonyl (C=O) groups is 3. The van der Waals surface area contributed by atoms with Crippen LogP contribution < -0.4 is 11.1 Å². The number of carbonyl (C=O) groups excluding carboxylic acids is 3. The first kappa shape index (κ1) is 26.1. The minimum Gasteiger partial charge on any atom is -0.444 e. The molecule has 178 valence electrons. The van der Waals surface area contributed by atoms with Crippen LogP contribution in [0, 0.1) is 5.92 Å². The van der Waals surface area contributed by atoms with Crippen molar-refractivity contribution in [1.82, 2.24) is 5.32 Å². The van der Waals surface area contributed by atoms with E-state index >= 15 is 0 Å². The van der Waals surface area contributed by atoms with Crippen molar-refractivity contribution in [3.05, 3.63) is 71.8 Å². The van der Waals surface area contributed by atoms with E-state index in [1.54, 1.807) is 0 Å². The van der Waals surface area contributed by atoms with Crippen LogP contribution in [-0.2, 0) is 20.7 Å². The summed E-state index contributed by atoms with van der Waals surface area (Å²) in [5.41, 5.74) is 7.02. The highest BCUT2D eigenvalue weighted by Gasteiger charge is 2.26. The second-order valence-electron chi connectivity index (χ2n) is 9.35. The Morgan fingerprint density at radius 2 is 1.55 bits per heavy atom. The summed E-state index contributed by atoms with van der Waals surface area (Å²) >= 11 is 0. The van der Waals surface area contributed by atoms with Crippen molar-refractivity contribution < 1.29 is 19.1 Å². The van der Waals surface area contributed by atoms with Crippen molar-refractivity contribution in [3.8, 4) is 0 Å². The third-order valence-electron chi connectivity index (χ3n) is 5.35. The zero-order valence-corrected chi connectivity index (χ0v) is 19.9. The summed E-state index contributed by atoms with van der Waals surface area (Å²) in [4.78, 5) is 37.1.